The summed E-state index contributed by atoms with van der Waals surface area (Å²) in [6.07, 6.45) is 3.94. The van der Waals surface area contributed by atoms with Gasteiger partial charge in [-0.3, -0.25) is 38.4 Å². The van der Waals surface area contributed by atoms with Crippen molar-refractivity contribution in [2.45, 2.75) is 49.0 Å². The Morgan fingerprint density at radius 2 is 0.316 bits per heavy atom. The van der Waals surface area contributed by atoms with Crippen LogP contribution in [0.4, 0.5) is 56.9 Å². The van der Waals surface area contributed by atoms with Gasteiger partial charge in [0.1, 0.15) is 0 Å². The summed E-state index contributed by atoms with van der Waals surface area (Å²) in [6, 6.07) is 54.5. The number of nitrogens with zero attached hydrogens (tertiary/aromatic N) is 4. The molecule has 4 aliphatic heterocycles. The fourth-order valence-electron chi connectivity index (χ4n) is 11.6. The van der Waals surface area contributed by atoms with Gasteiger partial charge in [-0.2, -0.15) is 20.0 Å². The molecule has 0 radical (unpaired) electrons. The molecule has 0 aliphatic carbocycles. The quantitative estimate of drug-likeness (QED) is 0.0224. The van der Waals surface area contributed by atoms with Crippen LogP contribution in [0.5, 0.6) is 0 Å². The molecule has 10 aromatic rings. The number of ketones is 4. The van der Waals surface area contributed by atoms with Crippen LogP contribution in [-0.2, 0) is 87.5 Å². The van der Waals surface area contributed by atoms with Crippen LogP contribution >= 0.6 is 0 Å². The van der Waals surface area contributed by atoms with E-state index in [4.69, 9.17) is 11.5 Å². The monoisotopic (exact) mass is 1660 g/mol. The number of amides is 4. The van der Waals surface area contributed by atoms with E-state index in [1.807, 2.05) is 0 Å². The third-order valence-electron chi connectivity index (χ3n) is 17.7. The van der Waals surface area contributed by atoms with Gasteiger partial charge in [0.15, 0.2) is 23.3 Å². The molecule has 14 rings (SSSR count). The molecule has 0 aromatic heterocycles. The van der Waals surface area contributed by atoms with Gasteiger partial charge in [0.25, 0.3) is 0 Å². The lowest BCUT2D eigenvalue weighted by atomic mass is 10.2. The highest BCUT2D eigenvalue weighted by atomic mass is 32.2. The van der Waals surface area contributed by atoms with Gasteiger partial charge in [0.05, 0.1) is 71.7 Å². The van der Waals surface area contributed by atoms with Crippen LogP contribution in [0.1, 0.15) is 0 Å². The highest BCUT2D eigenvalue weighted by Crippen LogP contribution is 2.33. The predicted molar refractivity (Wildman–Crippen MR) is 432 cm³/mol. The smallest absolute Gasteiger partial charge is 0.319 e. The van der Waals surface area contributed by atoms with E-state index < -0.39 is 95.9 Å². The number of carbonyl (C=O) groups is 8. The zero-order chi connectivity index (χ0) is 82.9. The molecule has 4 amide bonds. The summed E-state index contributed by atoms with van der Waals surface area (Å²) in [5.74, 6) is -8.80. The zero-order valence-electron chi connectivity index (χ0n) is 59.7. The number of rotatable bonds is 22. The molecule has 584 valence electrons. The molecule has 0 saturated carbocycles. The number of carbonyl (C=O) groups excluding carboxylic acids is 8. The van der Waals surface area contributed by atoms with Gasteiger partial charge < -0.3 is 54.0 Å². The van der Waals surface area contributed by atoms with Crippen molar-refractivity contribution in [2.24, 2.45) is 20.0 Å². The molecule has 0 atom stereocenters. The van der Waals surface area contributed by atoms with E-state index in [2.05, 4.69) is 62.5 Å². The third-order valence-corrected chi connectivity index (χ3v) is 26.6. The second-order valence-electron chi connectivity index (χ2n) is 25.6. The van der Waals surface area contributed by atoms with E-state index in [0.29, 0.717) is 22.7 Å². The standard InChI is InChI=1S/C80H56N14O18S5/c81-45-1-21-55(22-2-45)113(103,104)57-25-5-47(6-26-57)83-65-41-69(95)78(100)92-74(65)88-52-15-35-62(36-16-52)116(109,110)59-29-9-49(10-30-59)85-67-43-71(97)80(102)94-76(67)90-54-19-39-64(40-20-54)117(111,112)60-31-11-50(12-32-60)86-68-44-72(98)79(101)93-75(68)89-53-17-37-63(38-18-53)115(107,108)58-27-7-48(8-28-58)84-66-42-70(96)77(99)91-73(66)87-51-13-33-61(34-14-51)114(105,106)56-23-3-46(82)4-24-56/h1-44,83-86H,81-82H2,(H,87,91,99)(H,88,92,100)(H,89,93,101)(H,90,94,102). The van der Waals surface area contributed by atoms with Crippen molar-refractivity contribution < 1.29 is 80.4 Å². The average molecular weight is 1660 g/mol. The molecule has 12 N–H and O–H groups in total. The molecule has 4 heterocycles. The molecule has 4 aliphatic rings. The number of sulfone groups is 5. The topological polar surface area (TPSA) is 505 Å². The molecule has 32 nitrogen and oxygen atoms in total. The number of amidine groups is 4. The normalized spacial score (nSPS) is 14.8. The van der Waals surface area contributed by atoms with Crippen molar-refractivity contribution in [2.75, 3.05) is 54.0 Å². The Kier molecular flexibility index (Phi) is 21.2. The first-order valence-corrected chi connectivity index (χ1v) is 41.6. The molecule has 0 fully saturated rings. The number of aliphatic imine (C=N–C) groups is 4. The fraction of sp³-hybridized carbons (Fsp3) is 0. The minimum absolute atomic E-state index is 0.0185. The molecular formula is C80H56N14O18S5. The Hall–Kier alpha value is -15.1. The highest BCUT2D eigenvalue weighted by molar-refractivity contribution is 7.92. The van der Waals surface area contributed by atoms with E-state index in [1.54, 1.807) is 0 Å². The number of nitrogens with one attached hydrogen (secondary N) is 8. The Labute approximate surface area is 665 Å². The molecule has 117 heavy (non-hydrogen) atoms. The lowest BCUT2D eigenvalue weighted by Crippen LogP contribution is -2.29. The van der Waals surface area contributed by atoms with Crippen molar-refractivity contribution in [3.05, 3.63) is 290 Å². The van der Waals surface area contributed by atoms with E-state index in [0.717, 1.165) is 24.3 Å². The van der Waals surface area contributed by atoms with Crippen LogP contribution < -0.4 is 54.0 Å². The number of benzene rings is 10. The Morgan fingerprint density at radius 3 is 0.462 bits per heavy atom. The van der Waals surface area contributed by atoms with E-state index >= 15 is 0 Å². The van der Waals surface area contributed by atoms with E-state index in [-0.39, 0.29) is 129 Å². The lowest BCUT2D eigenvalue weighted by molar-refractivity contribution is -0.133. The summed E-state index contributed by atoms with van der Waals surface area (Å²) in [6.45, 7) is 0. The number of nitrogen functional groups attached to an aromatic ring is 2. The Balaban J connectivity index is 0.569. The Bertz CT molecular complexity index is 6380. The Morgan fingerprint density at radius 1 is 0.188 bits per heavy atom. The second-order valence-corrected chi connectivity index (χ2v) is 35.3. The first kappa shape index (κ1) is 78.6. The van der Waals surface area contributed by atoms with Crippen LogP contribution in [0.3, 0.4) is 0 Å². The number of hydrogen-bond donors (Lipinski definition) is 10. The summed E-state index contributed by atoms with van der Waals surface area (Å²) >= 11 is 0. The van der Waals surface area contributed by atoms with E-state index in [9.17, 15) is 80.4 Å². The highest BCUT2D eigenvalue weighted by Gasteiger charge is 2.31. The summed E-state index contributed by atoms with van der Waals surface area (Å²) < 4.78 is 137. The van der Waals surface area contributed by atoms with Crippen LogP contribution in [0.25, 0.3) is 0 Å². The number of nitrogens with two attached hydrogens (primary N) is 2. The fourth-order valence-corrected chi connectivity index (χ4v) is 17.9. The molecule has 0 spiro atoms. The van der Waals surface area contributed by atoms with Gasteiger partial charge in [-0.25, -0.2) is 42.1 Å². The second kappa shape index (κ2) is 31.5. The number of anilines is 10. The van der Waals surface area contributed by atoms with Crippen molar-refractivity contribution >= 4 is 176 Å². The van der Waals surface area contributed by atoms with Crippen LogP contribution in [0.15, 0.2) is 359 Å². The molecule has 10 aromatic carbocycles. The summed E-state index contributed by atoms with van der Waals surface area (Å²) in [5, 5.41) is 23.4. The average Bonchev–Trinajstić information content (AvgIpc) is 0.830. The van der Waals surface area contributed by atoms with Crippen molar-refractivity contribution in [1.82, 2.24) is 0 Å². The van der Waals surface area contributed by atoms with E-state index in [1.165, 1.54) is 243 Å². The van der Waals surface area contributed by atoms with Gasteiger partial charge in [-0.05, 0) is 243 Å². The van der Waals surface area contributed by atoms with Gasteiger partial charge in [-0.1, -0.05) is 0 Å². The first-order chi connectivity index (χ1) is 55.7. The molecule has 37 heteroatoms. The summed E-state index contributed by atoms with van der Waals surface area (Å²) in [7, 11) is -20.4. The minimum Gasteiger partial charge on any atom is -0.399 e. The number of dihydropyridines is 4. The molecule has 0 bridgehead atoms. The molecular weight excluding hydrogens is 1610 g/mol. The third kappa shape index (κ3) is 17.0. The number of hydrogen-bond acceptors (Lipinski definition) is 28. The van der Waals surface area contributed by atoms with Gasteiger partial charge in [0.2, 0.25) is 72.3 Å². The largest absolute Gasteiger partial charge is 0.399 e. The van der Waals surface area contributed by atoms with Crippen LogP contribution in [0, 0.1) is 0 Å². The van der Waals surface area contributed by atoms with Crippen LogP contribution in [-0.4, -0.2) is 112 Å². The van der Waals surface area contributed by atoms with Crippen molar-refractivity contribution in [3.8, 4) is 0 Å². The maximum absolute atomic E-state index is 14.0. The maximum Gasteiger partial charge on any atom is 0.319 e. The SMILES string of the molecule is Nc1ccc(S(=O)(=O)c2ccc(NC3=CC(=O)C(=O)N=C3Nc3ccc(S(=O)(=O)c4ccc(NC5=CC(=O)C(=O)N=C5Nc5ccc(S(=O)(=O)c6ccc(NC7=CC(=O)C(=O)N=C7Nc7ccc(S(=O)(=O)c8ccc(NC9=CC(=O)C(=O)N=C9Nc9ccc(S(=O)(=O)c%10ccc(N)cc%10)cc9)cc8)cc7)cc6)cc5)cc4)cc3)cc2)cc1. The molecule has 0 saturated heterocycles. The van der Waals surface area contributed by atoms with Crippen molar-refractivity contribution in [3.63, 3.8) is 0 Å². The van der Waals surface area contributed by atoms with Crippen LogP contribution in [0.2, 0.25) is 0 Å². The summed E-state index contributed by atoms with van der Waals surface area (Å²) in [5.41, 5.74) is 14.3. The zero-order valence-corrected chi connectivity index (χ0v) is 63.8. The lowest BCUT2D eigenvalue weighted by Gasteiger charge is -2.18. The predicted octanol–water partition coefficient (Wildman–Crippen LogP) is 8.68. The van der Waals surface area contributed by atoms with Gasteiger partial charge in [0, 0.05) is 81.2 Å². The molecule has 0 unspecified atom stereocenters. The van der Waals surface area contributed by atoms with Gasteiger partial charge >= 0.3 is 23.6 Å². The first-order valence-electron chi connectivity index (χ1n) is 34.2. The summed E-state index contributed by atoms with van der Waals surface area (Å²) in [4.78, 5) is 115. The van der Waals surface area contributed by atoms with Crippen molar-refractivity contribution in [1.29, 1.82) is 0 Å². The minimum atomic E-state index is -4.24. The van der Waals surface area contributed by atoms with Gasteiger partial charge in [-0.15, -0.1) is 0 Å². The maximum atomic E-state index is 14.0.